The average molecular weight is 410 g/mol. The molecule has 5 rings (SSSR count). The summed E-state index contributed by atoms with van der Waals surface area (Å²) in [4.78, 5) is 16.1. The Labute approximate surface area is 169 Å². The van der Waals surface area contributed by atoms with E-state index >= 15 is 0 Å². The molecule has 1 fully saturated rings. The molecule has 4 N–H and O–H groups in total. The molecule has 0 spiro atoms. The van der Waals surface area contributed by atoms with Gasteiger partial charge in [0.25, 0.3) is 0 Å². The highest BCUT2D eigenvalue weighted by atomic mass is 19.1. The minimum absolute atomic E-state index is 0.0325. The third-order valence-corrected chi connectivity index (χ3v) is 5.02. The number of hydrogen-bond donors (Lipinski definition) is 3. The summed E-state index contributed by atoms with van der Waals surface area (Å²) in [6, 6.07) is 10.9. The van der Waals surface area contributed by atoms with E-state index in [2.05, 4.69) is 15.6 Å². The first kappa shape index (κ1) is 18.2. The van der Waals surface area contributed by atoms with Crippen LogP contribution in [-0.2, 0) is 0 Å². The lowest BCUT2D eigenvalue weighted by Crippen LogP contribution is -2.34. The number of aromatic nitrogens is 1. The van der Waals surface area contributed by atoms with Crippen molar-refractivity contribution in [2.45, 2.75) is 18.1 Å². The fourth-order valence-corrected chi connectivity index (χ4v) is 3.60. The van der Waals surface area contributed by atoms with Crippen molar-refractivity contribution in [2.75, 3.05) is 11.1 Å². The Kier molecular flexibility index (Phi) is 4.16. The molecule has 0 radical (unpaired) electrons. The molecule has 2 amide bonds. The van der Waals surface area contributed by atoms with E-state index in [0.717, 1.165) is 17.4 Å². The molecule has 30 heavy (non-hydrogen) atoms. The van der Waals surface area contributed by atoms with E-state index in [9.17, 15) is 13.6 Å². The van der Waals surface area contributed by atoms with Crippen LogP contribution < -0.4 is 25.8 Å². The van der Waals surface area contributed by atoms with Gasteiger partial charge in [0.05, 0.1) is 17.6 Å². The molecular formula is C21H16F2N4O3. The zero-order valence-electron chi connectivity index (χ0n) is 15.4. The highest BCUT2D eigenvalue weighted by Gasteiger charge is 2.59. The van der Waals surface area contributed by atoms with Gasteiger partial charge >= 0.3 is 6.03 Å². The van der Waals surface area contributed by atoms with Crippen LogP contribution in [0.25, 0.3) is 0 Å². The number of benzene rings is 2. The second-order valence-corrected chi connectivity index (χ2v) is 7.07. The highest BCUT2D eigenvalue weighted by Crippen LogP contribution is 2.54. The summed E-state index contributed by atoms with van der Waals surface area (Å²) in [5.41, 5.74) is 6.48. The fourth-order valence-electron chi connectivity index (χ4n) is 3.60. The standard InChI is InChI=1S/C21H16F2N4O3/c22-10-1-3-15(14(23)7-10)26-21(28)27-19-18-13-8-11(2-4-16(13)30-20(18)19)29-12-5-6-25-17(24)9-12/h1-9,18-20H,(H2,24,25)(H2,26,27,28). The van der Waals surface area contributed by atoms with Gasteiger partial charge in [-0.1, -0.05) is 0 Å². The maximum absolute atomic E-state index is 13.7. The smallest absolute Gasteiger partial charge is 0.319 e. The zero-order valence-corrected chi connectivity index (χ0v) is 15.4. The lowest BCUT2D eigenvalue weighted by molar-refractivity contribution is 0.246. The number of amides is 2. The predicted octanol–water partition coefficient (Wildman–Crippen LogP) is 3.78. The van der Waals surface area contributed by atoms with Crippen molar-refractivity contribution in [3.63, 3.8) is 0 Å². The van der Waals surface area contributed by atoms with Crippen molar-refractivity contribution in [1.29, 1.82) is 0 Å². The quantitative estimate of drug-likeness (QED) is 0.608. The summed E-state index contributed by atoms with van der Waals surface area (Å²) < 4.78 is 38.4. The molecule has 7 nitrogen and oxygen atoms in total. The topological polar surface area (TPSA) is 98.5 Å². The number of nitrogens with one attached hydrogen (secondary N) is 2. The van der Waals surface area contributed by atoms with Gasteiger partial charge in [-0.25, -0.2) is 18.6 Å². The molecule has 2 aliphatic rings. The van der Waals surface area contributed by atoms with Crippen molar-refractivity contribution in [1.82, 2.24) is 10.3 Å². The van der Waals surface area contributed by atoms with Crippen molar-refractivity contribution >= 4 is 17.5 Å². The van der Waals surface area contributed by atoms with E-state index in [1.807, 2.05) is 12.1 Å². The van der Waals surface area contributed by atoms with Gasteiger partial charge in [-0.2, -0.15) is 0 Å². The first-order chi connectivity index (χ1) is 14.5. The Morgan fingerprint density at radius 1 is 1.10 bits per heavy atom. The Balaban J connectivity index is 1.25. The van der Waals surface area contributed by atoms with Gasteiger partial charge in [0.1, 0.15) is 40.8 Å². The Bertz CT molecular complexity index is 1160. The Morgan fingerprint density at radius 3 is 2.73 bits per heavy atom. The molecule has 2 heterocycles. The fraction of sp³-hybridized carbons (Fsp3) is 0.143. The summed E-state index contributed by atoms with van der Waals surface area (Å²) in [6.45, 7) is 0. The normalized spacial score (nSPS) is 20.5. The number of halogens is 2. The lowest BCUT2D eigenvalue weighted by Gasteiger charge is -2.13. The molecule has 3 aromatic rings. The summed E-state index contributed by atoms with van der Waals surface area (Å²) >= 11 is 0. The summed E-state index contributed by atoms with van der Waals surface area (Å²) in [7, 11) is 0. The number of urea groups is 1. The third-order valence-electron chi connectivity index (χ3n) is 5.02. The zero-order chi connectivity index (χ0) is 20.8. The number of fused-ring (bicyclic) bond motifs is 3. The molecule has 9 heteroatoms. The van der Waals surface area contributed by atoms with Gasteiger partial charge in [-0.3, -0.25) is 0 Å². The number of pyridine rings is 1. The van der Waals surface area contributed by atoms with E-state index in [1.54, 1.807) is 24.4 Å². The minimum Gasteiger partial charge on any atom is -0.487 e. The van der Waals surface area contributed by atoms with Crippen molar-refractivity contribution < 1.29 is 23.0 Å². The van der Waals surface area contributed by atoms with Gasteiger partial charge in [0.2, 0.25) is 0 Å². The molecular weight excluding hydrogens is 394 g/mol. The maximum Gasteiger partial charge on any atom is 0.319 e. The molecule has 3 atom stereocenters. The predicted molar refractivity (Wildman–Crippen MR) is 105 cm³/mol. The molecule has 3 unspecified atom stereocenters. The Hall–Kier alpha value is -3.88. The summed E-state index contributed by atoms with van der Waals surface area (Å²) in [5.74, 6) is 0.654. The van der Waals surface area contributed by atoms with Crippen molar-refractivity contribution in [2.24, 2.45) is 0 Å². The lowest BCUT2D eigenvalue weighted by atomic mass is 10.1. The first-order valence-electron chi connectivity index (χ1n) is 9.20. The number of nitrogens with two attached hydrogens (primary N) is 1. The molecule has 0 saturated heterocycles. The van der Waals surface area contributed by atoms with Gasteiger partial charge in [-0.15, -0.1) is 0 Å². The highest BCUT2D eigenvalue weighted by molar-refractivity contribution is 5.90. The van der Waals surface area contributed by atoms with Crippen LogP contribution in [0.4, 0.5) is 25.1 Å². The van der Waals surface area contributed by atoms with E-state index in [0.29, 0.717) is 23.4 Å². The average Bonchev–Trinajstić information content (AvgIpc) is 3.21. The SMILES string of the molecule is Nc1cc(Oc2ccc3c(c2)C2C(NC(=O)Nc4ccc(F)cc4F)C2O3)ccn1. The van der Waals surface area contributed by atoms with Crippen molar-refractivity contribution in [3.8, 4) is 17.2 Å². The number of carbonyl (C=O) groups excluding carboxylic acids is 1. The number of ether oxygens (including phenoxy) is 2. The molecule has 1 aromatic heterocycles. The van der Waals surface area contributed by atoms with Gasteiger partial charge in [0.15, 0.2) is 0 Å². The molecule has 1 aliphatic carbocycles. The number of nitrogen functional groups attached to an aromatic ring is 1. The third kappa shape index (κ3) is 3.34. The van der Waals surface area contributed by atoms with E-state index in [-0.39, 0.29) is 23.8 Å². The van der Waals surface area contributed by atoms with Gasteiger partial charge in [0, 0.05) is 23.9 Å². The van der Waals surface area contributed by atoms with Crippen LogP contribution in [-0.4, -0.2) is 23.2 Å². The maximum atomic E-state index is 13.7. The van der Waals surface area contributed by atoms with Crippen LogP contribution in [0.15, 0.2) is 54.7 Å². The largest absolute Gasteiger partial charge is 0.487 e. The second kappa shape index (κ2) is 6.87. The molecule has 152 valence electrons. The van der Waals surface area contributed by atoms with Crippen LogP contribution in [0, 0.1) is 11.6 Å². The van der Waals surface area contributed by atoms with Gasteiger partial charge < -0.3 is 25.8 Å². The molecule has 1 saturated carbocycles. The summed E-state index contributed by atoms with van der Waals surface area (Å²) in [6.07, 6.45) is 1.36. The van der Waals surface area contributed by atoms with Gasteiger partial charge in [-0.05, 0) is 36.4 Å². The number of carbonyl (C=O) groups is 1. The van der Waals surface area contributed by atoms with E-state index < -0.39 is 17.7 Å². The Morgan fingerprint density at radius 2 is 1.93 bits per heavy atom. The minimum atomic E-state index is -0.846. The second-order valence-electron chi connectivity index (χ2n) is 7.07. The van der Waals surface area contributed by atoms with Crippen LogP contribution in [0.5, 0.6) is 17.2 Å². The summed E-state index contributed by atoms with van der Waals surface area (Å²) in [5, 5.41) is 5.14. The monoisotopic (exact) mass is 410 g/mol. The molecule has 2 aromatic carbocycles. The number of hydrogen-bond acceptors (Lipinski definition) is 5. The number of rotatable bonds is 4. The van der Waals surface area contributed by atoms with Crippen molar-refractivity contribution in [3.05, 3.63) is 71.9 Å². The van der Waals surface area contributed by atoms with E-state index in [1.165, 1.54) is 6.07 Å². The van der Waals surface area contributed by atoms with Crippen LogP contribution in [0.3, 0.4) is 0 Å². The number of nitrogens with zero attached hydrogens (tertiary/aromatic N) is 1. The van der Waals surface area contributed by atoms with Crippen LogP contribution in [0.1, 0.15) is 11.5 Å². The molecule has 0 bridgehead atoms. The van der Waals surface area contributed by atoms with E-state index in [4.69, 9.17) is 15.2 Å². The first-order valence-corrected chi connectivity index (χ1v) is 9.20. The number of anilines is 2. The molecule has 1 aliphatic heterocycles. The van der Waals surface area contributed by atoms with Crippen LogP contribution in [0.2, 0.25) is 0 Å². The van der Waals surface area contributed by atoms with Crippen LogP contribution >= 0.6 is 0 Å².